The molecule has 0 aliphatic carbocycles. The molecule has 1 unspecified atom stereocenters. The lowest BCUT2D eigenvalue weighted by atomic mass is 10.1. The minimum Gasteiger partial charge on any atom is -0.330 e. The van der Waals surface area contributed by atoms with Crippen molar-refractivity contribution in [2.45, 2.75) is 46.6 Å². The fourth-order valence-electron chi connectivity index (χ4n) is 1.69. The Labute approximate surface area is 83.5 Å². The van der Waals surface area contributed by atoms with Crippen LogP contribution in [0.1, 0.15) is 40.5 Å². The van der Waals surface area contributed by atoms with Gasteiger partial charge in [0.2, 0.25) is 0 Å². The van der Waals surface area contributed by atoms with Crippen LogP contribution in [0.3, 0.4) is 0 Å². The maximum atomic E-state index is 5.50. The molecule has 2 nitrogen and oxygen atoms in total. The van der Waals surface area contributed by atoms with Gasteiger partial charge in [-0.2, -0.15) is 0 Å². The van der Waals surface area contributed by atoms with Crippen LogP contribution in [0.4, 0.5) is 0 Å². The minimum atomic E-state index is 0.691. The van der Waals surface area contributed by atoms with Crippen molar-refractivity contribution in [1.82, 2.24) is 4.90 Å². The Hall–Kier alpha value is -0.0800. The summed E-state index contributed by atoms with van der Waals surface area (Å²) in [5.41, 5.74) is 5.50. The number of hydrogen-bond acceptors (Lipinski definition) is 2. The van der Waals surface area contributed by atoms with Crippen LogP contribution in [0.15, 0.2) is 0 Å². The molecule has 0 aliphatic rings. The summed E-state index contributed by atoms with van der Waals surface area (Å²) in [4.78, 5) is 2.54. The highest BCUT2D eigenvalue weighted by atomic mass is 15.1. The molecule has 0 aromatic rings. The molecule has 0 aromatic carbocycles. The van der Waals surface area contributed by atoms with Crippen molar-refractivity contribution in [2.75, 3.05) is 19.6 Å². The van der Waals surface area contributed by atoms with Gasteiger partial charge in [-0.15, -0.1) is 0 Å². The molecule has 0 radical (unpaired) electrons. The Kier molecular flexibility index (Phi) is 7.29. The topological polar surface area (TPSA) is 29.3 Å². The first-order chi connectivity index (χ1) is 6.11. The zero-order chi connectivity index (χ0) is 10.3. The number of hydrogen-bond donors (Lipinski definition) is 1. The summed E-state index contributed by atoms with van der Waals surface area (Å²) in [6.45, 7) is 12.3. The molecule has 0 saturated heterocycles. The molecule has 2 N–H and O–H groups in total. The molecule has 0 saturated carbocycles. The number of nitrogens with two attached hydrogens (primary N) is 1. The van der Waals surface area contributed by atoms with Gasteiger partial charge >= 0.3 is 0 Å². The summed E-state index contributed by atoms with van der Waals surface area (Å²) >= 11 is 0. The summed E-state index contributed by atoms with van der Waals surface area (Å²) < 4.78 is 0. The van der Waals surface area contributed by atoms with Crippen LogP contribution in [0.2, 0.25) is 0 Å². The third-order valence-electron chi connectivity index (χ3n) is 2.46. The molecule has 2 heteroatoms. The minimum absolute atomic E-state index is 0.691. The molecule has 0 rings (SSSR count). The fraction of sp³-hybridized carbons (Fsp3) is 1.00. The molecular formula is C11H26N2. The maximum Gasteiger partial charge on any atom is 0.00673 e. The highest BCUT2D eigenvalue weighted by Gasteiger charge is 2.12. The van der Waals surface area contributed by atoms with Gasteiger partial charge in [-0.25, -0.2) is 0 Å². The fourth-order valence-corrected chi connectivity index (χ4v) is 1.69. The van der Waals surface area contributed by atoms with Gasteiger partial charge in [0.15, 0.2) is 0 Å². The maximum absolute atomic E-state index is 5.50. The predicted octanol–water partition coefficient (Wildman–Crippen LogP) is 2.09. The molecule has 1 atom stereocenters. The van der Waals surface area contributed by atoms with E-state index in [-0.39, 0.29) is 0 Å². The second-order valence-corrected chi connectivity index (χ2v) is 4.26. The van der Waals surface area contributed by atoms with E-state index in [1.54, 1.807) is 0 Å². The van der Waals surface area contributed by atoms with E-state index in [0.29, 0.717) is 6.04 Å². The van der Waals surface area contributed by atoms with Gasteiger partial charge < -0.3 is 10.6 Å². The predicted molar refractivity (Wildman–Crippen MR) is 59.8 cm³/mol. The molecule has 0 aliphatic heterocycles. The molecule has 0 spiro atoms. The molecule has 13 heavy (non-hydrogen) atoms. The first kappa shape index (κ1) is 12.9. The summed E-state index contributed by atoms with van der Waals surface area (Å²) in [6, 6.07) is 0.691. The summed E-state index contributed by atoms with van der Waals surface area (Å²) in [5, 5.41) is 0. The number of rotatable bonds is 7. The van der Waals surface area contributed by atoms with Crippen LogP contribution in [0.5, 0.6) is 0 Å². The lowest BCUT2D eigenvalue weighted by Crippen LogP contribution is -2.36. The Bertz CT molecular complexity index is 113. The van der Waals surface area contributed by atoms with E-state index < -0.39 is 0 Å². The van der Waals surface area contributed by atoms with E-state index in [0.717, 1.165) is 25.4 Å². The van der Waals surface area contributed by atoms with Crippen LogP contribution in [0.25, 0.3) is 0 Å². The van der Waals surface area contributed by atoms with Gasteiger partial charge in [0.1, 0.15) is 0 Å². The van der Waals surface area contributed by atoms with E-state index in [4.69, 9.17) is 5.73 Å². The molecular weight excluding hydrogens is 160 g/mol. The highest BCUT2D eigenvalue weighted by Crippen LogP contribution is 2.08. The first-order valence-electron chi connectivity index (χ1n) is 5.55. The molecule has 0 amide bonds. The Morgan fingerprint density at radius 3 is 2.23 bits per heavy atom. The van der Waals surface area contributed by atoms with Crippen molar-refractivity contribution in [3.8, 4) is 0 Å². The standard InChI is InChI=1S/C11H26N2/c1-5-13(9-10(2)3)11(4)7-6-8-12/h10-11H,5-9,12H2,1-4H3. The third kappa shape index (κ3) is 6.05. The first-order valence-corrected chi connectivity index (χ1v) is 5.55. The Balaban J connectivity index is 3.77. The van der Waals surface area contributed by atoms with Crippen LogP contribution < -0.4 is 5.73 Å². The van der Waals surface area contributed by atoms with Crippen LogP contribution in [-0.2, 0) is 0 Å². The summed E-state index contributed by atoms with van der Waals surface area (Å²) in [6.07, 6.45) is 2.38. The van der Waals surface area contributed by atoms with Crippen molar-refractivity contribution in [2.24, 2.45) is 11.7 Å². The Morgan fingerprint density at radius 2 is 1.85 bits per heavy atom. The number of nitrogens with zero attached hydrogens (tertiary/aromatic N) is 1. The molecule has 0 fully saturated rings. The van der Waals surface area contributed by atoms with Gasteiger partial charge in [-0.1, -0.05) is 20.8 Å². The SMILES string of the molecule is CCN(CC(C)C)C(C)CCCN. The Morgan fingerprint density at radius 1 is 1.23 bits per heavy atom. The van der Waals surface area contributed by atoms with E-state index in [9.17, 15) is 0 Å². The second kappa shape index (κ2) is 7.34. The van der Waals surface area contributed by atoms with Crippen molar-refractivity contribution in [3.63, 3.8) is 0 Å². The summed E-state index contributed by atoms with van der Waals surface area (Å²) in [7, 11) is 0. The van der Waals surface area contributed by atoms with Gasteiger partial charge in [0.25, 0.3) is 0 Å². The zero-order valence-corrected chi connectivity index (χ0v) is 9.71. The molecule has 80 valence electrons. The monoisotopic (exact) mass is 186 g/mol. The normalized spacial score (nSPS) is 14.1. The average molecular weight is 186 g/mol. The van der Waals surface area contributed by atoms with Crippen molar-refractivity contribution in [1.29, 1.82) is 0 Å². The van der Waals surface area contributed by atoms with Gasteiger partial charge in [-0.05, 0) is 38.8 Å². The van der Waals surface area contributed by atoms with Crippen LogP contribution in [-0.4, -0.2) is 30.6 Å². The lowest BCUT2D eigenvalue weighted by molar-refractivity contribution is 0.186. The largest absolute Gasteiger partial charge is 0.330 e. The van der Waals surface area contributed by atoms with E-state index in [2.05, 4.69) is 32.6 Å². The van der Waals surface area contributed by atoms with Gasteiger partial charge in [0.05, 0.1) is 0 Å². The molecule has 0 aromatic heterocycles. The van der Waals surface area contributed by atoms with Crippen molar-refractivity contribution in [3.05, 3.63) is 0 Å². The van der Waals surface area contributed by atoms with Crippen molar-refractivity contribution >= 4 is 0 Å². The van der Waals surface area contributed by atoms with Crippen LogP contribution in [0, 0.1) is 5.92 Å². The quantitative estimate of drug-likeness (QED) is 0.659. The third-order valence-corrected chi connectivity index (χ3v) is 2.46. The summed E-state index contributed by atoms with van der Waals surface area (Å²) in [5.74, 6) is 0.764. The van der Waals surface area contributed by atoms with Gasteiger partial charge in [-0.3, -0.25) is 0 Å². The van der Waals surface area contributed by atoms with Crippen LogP contribution >= 0.6 is 0 Å². The van der Waals surface area contributed by atoms with Gasteiger partial charge in [0, 0.05) is 12.6 Å². The lowest BCUT2D eigenvalue weighted by Gasteiger charge is -2.29. The van der Waals surface area contributed by atoms with E-state index in [1.807, 2.05) is 0 Å². The van der Waals surface area contributed by atoms with E-state index >= 15 is 0 Å². The highest BCUT2D eigenvalue weighted by molar-refractivity contribution is 4.67. The molecule has 0 bridgehead atoms. The average Bonchev–Trinajstić information content (AvgIpc) is 2.09. The smallest absolute Gasteiger partial charge is 0.00673 e. The second-order valence-electron chi connectivity index (χ2n) is 4.26. The van der Waals surface area contributed by atoms with E-state index in [1.165, 1.54) is 13.0 Å². The zero-order valence-electron chi connectivity index (χ0n) is 9.71. The molecule has 0 heterocycles. The van der Waals surface area contributed by atoms with Crippen molar-refractivity contribution < 1.29 is 0 Å².